The van der Waals surface area contributed by atoms with E-state index >= 15 is 0 Å². The number of rotatable bonds is 3. The fourth-order valence-electron chi connectivity index (χ4n) is 1.60. The largest absolute Gasteiger partial charge is 0.349 e. The summed E-state index contributed by atoms with van der Waals surface area (Å²) in [5.74, 6) is -0.0337. The molecule has 90 valence electrons. The number of nitrogens with two attached hydrogens (primary N) is 1. The Morgan fingerprint density at radius 2 is 2.31 bits per heavy atom. The van der Waals surface area contributed by atoms with Crippen LogP contribution in [0.15, 0.2) is 15.9 Å². The summed E-state index contributed by atoms with van der Waals surface area (Å²) in [6.45, 7) is 0.580. The maximum absolute atomic E-state index is 11.7. The van der Waals surface area contributed by atoms with E-state index in [1.54, 1.807) is 0 Å². The Balaban J connectivity index is 0.00000128. The third-order valence-corrected chi connectivity index (χ3v) is 4.61. The Morgan fingerprint density at radius 1 is 1.62 bits per heavy atom. The molecule has 0 unspecified atom stereocenters. The smallest absolute Gasteiger partial charge is 0.262 e. The number of amides is 1. The van der Waals surface area contributed by atoms with Gasteiger partial charge in [-0.3, -0.25) is 4.79 Å². The molecule has 1 fully saturated rings. The molecule has 1 saturated carbocycles. The van der Waals surface area contributed by atoms with E-state index in [2.05, 4.69) is 21.2 Å². The van der Waals surface area contributed by atoms with Gasteiger partial charge in [0.25, 0.3) is 5.91 Å². The van der Waals surface area contributed by atoms with Crippen LogP contribution in [0.2, 0.25) is 0 Å². The fraction of sp³-hybridized carbons (Fsp3) is 0.500. The summed E-state index contributed by atoms with van der Waals surface area (Å²) >= 11 is 4.77. The number of carbonyl (C=O) groups excluding carboxylic acids is 1. The lowest BCUT2D eigenvalue weighted by Crippen LogP contribution is -2.54. The second-order valence-electron chi connectivity index (χ2n) is 4.00. The van der Waals surface area contributed by atoms with Crippen molar-refractivity contribution in [2.75, 3.05) is 6.54 Å². The first-order chi connectivity index (χ1) is 7.11. The van der Waals surface area contributed by atoms with Gasteiger partial charge in [-0.25, -0.2) is 0 Å². The second-order valence-corrected chi connectivity index (χ2v) is 5.77. The first-order valence-corrected chi connectivity index (χ1v) is 6.58. The van der Waals surface area contributed by atoms with Crippen LogP contribution in [0.4, 0.5) is 0 Å². The molecule has 1 amide bonds. The maximum atomic E-state index is 11.7. The molecule has 0 aromatic carbocycles. The molecule has 0 bridgehead atoms. The van der Waals surface area contributed by atoms with E-state index in [-0.39, 0.29) is 23.9 Å². The molecule has 3 N–H and O–H groups in total. The minimum atomic E-state index is -0.153. The number of carbonyl (C=O) groups is 1. The number of thiophene rings is 1. The molecule has 0 saturated heterocycles. The highest BCUT2D eigenvalue weighted by atomic mass is 79.9. The molecule has 2 rings (SSSR count). The summed E-state index contributed by atoms with van der Waals surface area (Å²) in [7, 11) is 0. The number of halogens is 2. The van der Waals surface area contributed by atoms with E-state index in [4.69, 9.17) is 5.73 Å². The van der Waals surface area contributed by atoms with Gasteiger partial charge in [-0.1, -0.05) is 0 Å². The van der Waals surface area contributed by atoms with Crippen molar-refractivity contribution >= 4 is 45.6 Å². The molecule has 3 nitrogen and oxygen atoms in total. The lowest BCUT2D eigenvalue weighted by Gasteiger charge is -2.38. The lowest BCUT2D eigenvalue weighted by molar-refractivity contribution is 0.0933. The third-order valence-electron chi connectivity index (χ3n) is 2.77. The zero-order valence-electron chi connectivity index (χ0n) is 8.66. The van der Waals surface area contributed by atoms with Gasteiger partial charge in [-0.15, -0.1) is 23.7 Å². The van der Waals surface area contributed by atoms with Crippen LogP contribution in [0.1, 0.15) is 28.9 Å². The highest BCUT2D eigenvalue weighted by Gasteiger charge is 2.32. The van der Waals surface area contributed by atoms with Crippen molar-refractivity contribution in [1.82, 2.24) is 5.32 Å². The summed E-state index contributed by atoms with van der Waals surface area (Å²) in [6, 6.07) is 1.88. The Bertz CT molecular complexity index is 379. The number of hydrogen-bond acceptors (Lipinski definition) is 3. The van der Waals surface area contributed by atoms with Crippen molar-refractivity contribution < 1.29 is 4.79 Å². The van der Waals surface area contributed by atoms with Crippen molar-refractivity contribution in [2.45, 2.75) is 24.8 Å². The van der Waals surface area contributed by atoms with Gasteiger partial charge < -0.3 is 11.1 Å². The predicted molar refractivity (Wildman–Crippen MR) is 72.4 cm³/mol. The predicted octanol–water partition coefficient (Wildman–Crippen LogP) is 2.54. The van der Waals surface area contributed by atoms with Gasteiger partial charge in [0, 0.05) is 16.6 Å². The lowest BCUT2D eigenvalue weighted by atomic mass is 9.78. The molecule has 0 aliphatic heterocycles. The van der Waals surface area contributed by atoms with Crippen LogP contribution in [-0.4, -0.2) is 18.0 Å². The van der Waals surface area contributed by atoms with E-state index in [0.717, 1.165) is 22.2 Å². The normalized spacial score (nSPS) is 17.1. The molecule has 1 heterocycles. The Labute approximate surface area is 113 Å². The molecule has 1 aliphatic rings. The molecule has 0 spiro atoms. The Kier molecular flexibility index (Phi) is 4.79. The second kappa shape index (κ2) is 5.49. The molecule has 1 aromatic heterocycles. The van der Waals surface area contributed by atoms with Crippen LogP contribution in [0, 0.1) is 0 Å². The average Bonchev–Trinajstić information content (AvgIpc) is 2.58. The van der Waals surface area contributed by atoms with Crippen molar-refractivity contribution in [2.24, 2.45) is 5.73 Å². The van der Waals surface area contributed by atoms with Crippen molar-refractivity contribution in [1.29, 1.82) is 0 Å². The Morgan fingerprint density at radius 3 is 2.75 bits per heavy atom. The van der Waals surface area contributed by atoms with Gasteiger partial charge in [-0.2, -0.15) is 0 Å². The average molecular weight is 326 g/mol. The SMILES string of the molecule is Cl.NC1(CNC(=O)c2sccc2Br)CCC1. The molecule has 0 radical (unpaired) electrons. The van der Waals surface area contributed by atoms with Gasteiger partial charge in [0.2, 0.25) is 0 Å². The summed E-state index contributed by atoms with van der Waals surface area (Å²) in [5.41, 5.74) is 5.87. The zero-order chi connectivity index (χ0) is 10.9. The van der Waals surface area contributed by atoms with Crippen molar-refractivity contribution in [3.05, 3.63) is 20.8 Å². The molecule has 1 aromatic rings. The number of hydrogen-bond donors (Lipinski definition) is 2. The van der Waals surface area contributed by atoms with E-state index in [9.17, 15) is 4.79 Å². The topological polar surface area (TPSA) is 55.1 Å². The van der Waals surface area contributed by atoms with Gasteiger partial charge >= 0.3 is 0 Å². The van der Waals surface area contributed by atoms with Gasteiger partial charge in [-0.05, 0) is 46.6 Å². The summed E-state index contributed by atoms with van der Waals surface area (Å²) in [4.78, 5) is 12.4. The van der Waals surface area contributed by atoms with Gasteiger partial charge in [0.05, 0.1) is 0 Å². The van der Waals surface area contributed by atoms with E-state index in [1.165, 1.54) is 17.8 Å². The van der Waals surface area contributed by atoms with E-state index < -0.39 is 0 Å². The summed E-state index contributed by atoms with van der Waals surface area (Å²) in [6.07, 6.45) is 3.20. The minimum Gasteiger partial charge on any atom is -0.349 e. The van der Waals surface area contributed by atoms with Crippen LogP contribution in [-0.2, 0) is 0 Å². The maximum Gasteiger partial charge on any atom is 0.262 e. The van der Waals surface area contributed by atoms with Crippen LogP contribution in [0.3, 0.4) is 0 Å². The van der Waals surface area contributed by atoms with Crippen LogP contribution in [0.5, 0.6) is 0 Å². The van der Waals surface area contributed by atoms with Gasteiger partial charge in [0.1, 0.15) is 4.88 Å². The van der Waals surface area contributed by atoms with Crippen LogP contribution < -0.4 is 11.1 Å². The quantitative estimate of drug-likeness (QED) is 0.897. The summed E-state index contributed by atoms with van der Waals surface area (Å²) < 4.78 is 0.852. The van der Waals surface area contributed by atoms with Crippen LogP contribution >= 0.6 is 39.7 Å². The molecule has 0 atom stereocenters. The standard InChI is InChI=1S/C10H13BrN2OS.ClH/c11-7-2-5-15-8(7)9(14)13-6-10(12)3-1-4-10;/h2,5H,1,3-4,6,12H2,(H,13,14);1H. The summed E-state index contributed by atoms with van der Waals surface area (Å²) in [5, 5.41) is 4.77. The molecule has 16 heavy (non-hydrogen) atoms. The number of nitrogens with one attached hydrogen (secondary N) is 1. The van der Waals surface area contributed by atoms with Crippen molar-refractivity contribution in [3.63, 3.8) is 0 Å². The molecule has 1 aliphatic carbocycles. The first-order valence-electron chi connectivity index (χ1n) is 4.91. The highest BCUT2D eigenvalue weighted by Crippen LogP contribution is 2.28. The highest BCUT2D eigenvalue weighted by molar-refractivity contribution is 9.10. The Hall–Kier alpha value is -0.100. The van der Waals surface area contributed by atoms with E-state index in [1.807, 2.05) is 11.4 Å². The zero-order valence-corrected chi connectivity index (χ0v) is 11.9. The van der Waals surface area contributed by atoms with Crippen LogP contribution in [0.25, 0.3) is 0 Å². The fourth-order valence-corrected chi connectivity index (χ4v) is 3.07. The first kappa shape index (κ1) is 14.0. The monoisotopic (exact) mass is 324 g/mol. The van der Waals surface area contributed by atoms with Gasteiger partial charge in [0.15, 0.2) is 0 Å². The van der Waals surface area contributed by atoms with E-state index in [0.29, 0.717) is 6.54 Å². The molecule has 6 heteroatoms. The minimum absolute atomic E-state index is 0. The van der Waals surface area contributed by atoms with Crippen molar-refractivity contribution in [3.8, 4) is 0 Å². The molecular formula is C10H14BrClN2OS. The third kappa shape index (κ3) is 2.97. The molecular weight excluding hydrogens is 312 g/mol.